The lowest BCUT2D eigenvalue weighted by Gasteiger charge is -2.10. The summed E-state index contributed by atoms with van der Waals surface area (Å²) in [6.45, 7) is 4.44. The first-order chi connectivity index (χ1) is 13.0. The number of phenols is 1. The third-order valence-corrected chi connectivity index (χ3v) is 5.43. The number of hydrogen-bond donors (Lipinski definition) is 2. The summed E-state index contributed by atoms with van der Waals surface area (Å²) in [7, 11) is 0. The molecule has 3 rings (SSSR count). The van der Waals surface area contributed by atoms with Gasteiger partial charge in [0.25, 0.3) is 0 Å². The Morgan fingerprint density at radius 1 is 1.22 bits per heavy atom. The fourth-order valence-electron chi connectivity index (χ4n) is 2.60. The third-order valence-electron chi connectivity index (χ3n) is 4.05. The molecule has 0 radical (unpaired) electrons. The standard InChI is InChI=1S/C19H19ClN4O2S/c1-3-24-18(13-7-4-5-10-16(13)25)22-23-19(24)27-11-17(26)21-15-9-6-8-14(20)12(15)2/h4-10,25H,3,11H2,1-2H3,(H,21,26). The van der Waals surface area contributed by atoms with Crippen LogP contribution < -0.4 is 5.32 Å². The molecule has 0 spiro atoms. The van der Waals surface area contributed by atoms with Gasteiger partial charge in [0.2, 0.25) is 5.91 Å². The second kappa shape index (κ2) is 8.45. The lowest BCUT2D eigenvalue weighted by molar-refractivity contribution is -0.113. The number of aromatic hydroxyl groups is 1. The fraction of sp³-hybridized carbons (Fsp3) is 0.211. The maximum Gasteiger partial charge on any atom is 0.234 e. The lowest BCUT2D eigenvalue weighted by atomic mass is 10.2. The van der Waals surface area contributed by atoms with Gasteiger partial charge in [0, 0.05) is 17.3 Å². The summed E-state index contributed by atoms with van der Waals surface area (Å²) in [4.78, 5) is 12.3. The van der Waals surface area contributed by atoms with Gasteiger partial charge in [-0.25, -0.2) is 0 Å². The van der Waals surface area contributed by atoms with E-state index < -0.39 is 0 Å². The number of phenolic OH excluding ortho intramolecular Hbond substituents is 1. The van der Waals surface area contributed by atoms with Crippen LogP contribution in [0.4, 0.5) is 5.69 Å². The molecule has 6 nitrogen and oxygen atoms in total. The first kappa shape index (κ1) is 19.3. The number of aromatic nitrogens is 3. The Balaban J connectivity index is 1.72. The number of halogens is 1. The predicted octanol–water partition coefficient (Wildman–Crippen LogP) is 4.36. The van der Waals surface area contributed by atoms with Crippen LogP contribution in [0.5, 0.6) is 5.75 Å². The molecule has 0 aliphatic heterocycles. The molecule has 2 N–H and O–H groups in total. The molecule has 1 aromatic heterocycles. The maximum absolute atomic E-state index is 12.3. The average Bonchev–Trinajstić information content (AvgIpc) is 3.07. The molecular formula is C19H19ClN4O2S. The smallest absolute Gasteiger partial charge is 0.234 e. The summed E-state index contributed by atoms with van der Waals surface area (Å²) in [6.07, 6.45) is 0. The van der Waals surface area contributed by atoms with Gasteiger partial charge in [0.05, 0.1) is 11.3 Å². The molecule has 0 saturated heterocycles. The fourth-order valence-corrected chi connectivity index (χ4v) is 3.58. The van der Waals surface area contributed by atoms with Crippen LogP contribution in [-0.4, -0.2) is 31.5 Å². The van der Waals surface area contributed by atoms with Crippen molar-refractivity contribution in [2.75, 3.05) is 11.1 Å². The Bertz CT molecular complexity index is 974. The number of para-hydroxylation sites is 1. The topological polar surface area (TPSA) is 80.0 Å². The molecule has 0 aliphatic carbocycles. The normalized spacial score (nSPS) is 10.8. The van der Waals surface area contributed by atoms with Crippen LogP contribution in [0.3, 0.4) is 0 Å². The van der Waals surface area contributed by atoms with Crippen LogP contribution >= 0.6 is 23.4 Å². The van der Waals surface area contributed by atoms with Crippen LogP contribution in [0.2, 0.25) is 5.02 Å². The molecule has 0 saturated carbocycles. The van der Waals surface area contributed by atoms with Gasteiger partial charge >= 0.3 is 0 Å². The Kier molecular flexibility index (Phi) is 6.03. The average molecular weight is 403 g/mol. The van der Waals surface area contributed by atoms with E-state index in [-0.39, 0.29) is 17.4 Å². The van der Waals surface area contributed by atoms with Gasteiger partial charge in [-0.3, -0.25) is 4.79 Å². The van der Waals surface area contributed by atoms with Crippen molar-refractivity contribution in [2.45, 2.75) is 25.5 Å². The third kappa shape index (κ3) is 4.26. The molecule has 8 heteroatoms. The summed E-state index contributed by atoms with van der Waals surface area (Å²) < 4.78 is 1.87. The van der Waals surface area contributed by atoms with Crippen molar-refractivity contribution in [3.8, 4) is 17.1 Å². The molecule has 2 aromatic carbocycles. The highest BCUT2D eigenvalue weighted by molar-refractivity contribution is 7.99. The van der Waals surface area contributed by atoms with Crippen molar-refractivity contribution in [1.29, 1.82) is 0 Å². The summed E-state index contributed by atoms with van der Waals surface area (Å²) in [5.74, 6) is 0.750. The van der Waals surface area contributed by atoms with Crippen molar-refractivity contribution >= 4 is 35.0 Å². The molecule has 1 heterocycles. The Labute approximate surface area is 166 Å². The SMILES string of the molecule is CCn1c(SCC(=O)Nc2cccc(Cl)c2C)nnc1-c1ccccc1O. The van der Waals surface area contributed by atoms with E-state index in [0.29, 0.717) is 33.8 Å². The molecule has 0 fully saturated rings. The van der Waals surface area contributed by atoms with Gasteiger partial charge < -0.3 is 15.0 Å². The van der Waals surface area contributed by atoms with Crippen molar-refractivity contribution in [1.82, 2.24) is 14.8 Å². The number of hydrogen-bond acceptors (Lipinski definition) is 5. The van der Waals surface area contributed by atoms with Crippen molar-refractivity contribution < 1.29 is 9.90 Å². The zero-order valence-corrected chi connectivity index (χ0v) is 16.5. The minimum Gasteiger partial charge on any atom is -0.507 e. The van der Waals surface area contributed by atoms with Crippen LogP contribution in [0, 0.1) is 6.92 Å². The number of thioether (sulfide) groups is 1. The first-order valence-electron chi connectivity index (χ1n) is 8.40. The molecule has 3 aromatic rings. The highest BCUT2D eigenvalue weighted by Gasteiger charge is 2.17. The van der Waals surface area contributed by atoms with E-state index in [1.165, 1.54) is 11.8 Å². The van der Waals surface area contributed by atoms with Gasteiger partial charge in [-0.15, -0.1) is 10.2 Å². The minimum atomic E-state index is -0.153. The van der Waals surface area contributed by atoms with Crippen molar-refractivity contribution in [2.24, 2.45) is 0 Å². The monoisotopic (exact) mass is 402 g/mol. The zero-order chi connectivity index (χ0) is 19.4. The number of rotatable bonds is 6. The van der Waals surface area contributed by atoms with E-state index in [0.717, 1.165) is 5.56 Å². The minimum absolute atomic E-state index is 0.144. The van der Waals surface area contributed by atoms with E-state index in [9.17, 15) is 9.90 Å². The number of benzene rings is 2. The van der Waals surface area contributed by atoms with E-state index in [2.05, 4.69) is 15.5 Å². The molecule has 0 bridgehead atoms. The lowest BCUT2D eigenvalue weighted by Crippen LogP contribution is -2.15. The van der Waals surface area contributed by atoms with Gasteiger partial charge in [-0.2, -0.15) is 0 Å². The van der Waals surface area contributed by atoms with Gasteiger partial charge in [-0.05, 0) is 43.7 Å². The van der Waals surface area contributed by atoms with Crippen LogP contribution in [-0.2, 0) is 11.3 Å². The molecule has 0 aliphatic rings. The molecule has 140 valence electrons. The Morgan fingerprint density at radius 3 is 2.74 bits per heavy atom. The summed E-state index contributed by atoms with van der Waals surface area (Å²) in [6, 6.07) is 12.4. The molecule has 1 amide bonds. The maximum atomic E-state index is 12.3. The second-order valence-electron chi connectivity index (χ2n) is 5.82. The number of carbonyl (C=O) groups is 1. The molecule has 0 unspecified atom stereocenters. The number of carbonyl (C=O) groups excluding carboxylic acids is 1. The summed E-state index contributed by atoms with van der Waals surface area (Å²) in [5, 5.41) is 22.5. The number of anilines is 1. The quantitative estimate of drug-likeness (QED) is 0.598. The van der Waals surface area contributed by atoms with Gasteiger partial charge in [-0.1, -0.05) is 41.6 Å². The Morgan fingerprint density at radius 2 is 2.00 bits per heavy atom. The van der Waals surface area contributed by atoms with Gasteiger partial charge in [0.15, 0.2) is 11.0 Å². The van der Waals surface area contributed by atoms with E-state index in [1.54, 1.807) is 30.3 Å². The van der Waals surface area contributed by atoms with Crippen LogP contribution in [0.25, 0.3) is 11.4 Å². The number of amides is 1. The van der Waals surface area contributed by atoms with Crippen LogP contribution in [0.1, 0.15) is 12.5 Å². The summed E-state index contributed by atoms with van der Waals surface area (Å²) in [5.41, 5.74) is 2.13. The molecular weight excluding hydrogens is 384 g/mol. The van der Waals surface area contributed by atoms with Crippen LogP contribution in [0.15, 0.2) is 47.6 Å². The number of nitrogens with zero attached hydrogens (tertiary/aromatic N) is 3. The highest BCUT2D eigenvalue weighted by atomic mass is 35.5. The predicted molar refractivity (Wildman–Crippen MR) is 108 cm³/mol. The second-order valence-corrected chi connectivity index (χ2v) is 7.17. The summed E-state index contributed by atoms with van der Waals surface area (Å²) >= 11 is 7.38. The van der Waals surface area contributed by atoms with E-state index in [4.69, 9.17) is 11.6 Å². The van der Waals surface area contributed by atoms with Crippen molar-refractivity contribution in [3.63, 3.8) is 0 Å². The largest absolute Gasteiger partial charge is 0.507 e. The first-order valence-corrected chi connectivity index (χ1v) is 9.77. The molecule has 0 atom stereocenters. The Hall–Kier alpha value is -2.51. The van der Waals surface area contributed by atoms with Crippen molar-refractivity contribution in [3.05, 3.63) is 53.1 Å². The molecule has 27 heavy (non-hydrogen) atoms. The van der Waals surface area contributed by atoms with Gasteiger partial charge in [0.1, 0.15) is 5.75 Å². The number of nitrogens with one attached hydrogen (secondary N) is 1. The van der Waals surface area contributed by atoms with E-state index in [1.807, 2.05) is 30.5 Å². The van der Waals surface area contributed by atoms with E-state index >= 15 is 0 Å². The zero-order valence-electron chi connectivity index (χ0n) is 14.9. The highest BCUT2D eigenvalue weighted by Crippen LogP contribution is 2.30.